The highest BCUT2D eigenvalue weighted by molar-refractivity contribution is 6.42. The van der Waals surface area contributed by atoms with E-state index in [2.05, 4.69) is 0 Å². The Labute approximate surface area is 133 Å². The molecule has 0 aromatic heterocycles. The minimum absolute atomic E-state index is 0.0697. The summed E-state index contributed by atoms with van der Waals surface area (Å²) in [7, 11) is 0. The van der Waals surface area contributed by atoms with Crippen LogP contribution in [0.3, 0.4) is 0 Å². The lowest BCUT2D eigenvalue weighted by atomic mass is 10.1. The predicted molar refractivity (Wildman–Crippen MR) is 85.1 cm³/mol. The molecule has 0 atom stereocenters. The number of benzene rings is 2. The molecule has 2 rings (SSSR count). The summed E-state index contributed by atoms with van der Waals surface area (Å²) in [6.45, 7) is 2.77. The van der Waals surface area contributed by atoms with Crippen LogP contribution >= 0.6 is 23.2 Å². The van der Waals surface area contributed by atoms with Gasteiger partial charge in [-0.25, -0.2) is 4.39 Å². The van der Waals surface area contributed by atoms with Crippen molar-refractivity contribution in [3.8, 4) is 0 Å². The summed E-state index contributed by atoms with van der Waals surface area (Å²) in [5.41, 5.74) is 1.30. The fourth-order valence-electron chi connectivity index (χ4n) is 1.97. The lowest BCUT2D eigenvalue weighted by Crippen LogP contribution is -2.29. The molecule has 2 aromatic carbocycles. The molecule has 110 valence electrons. The van der Waals surface area contributed by atoms with Crippen LogP contribution in [-0.4, -0.2) is 18.9 Å². The maximum Gasteiger partial charge on any atom is 0.182 e. The Hall–Kier alpha value is -1.58. The van der Waals surface area contributed by atoms with Crippen LogP contribution in [0.4, 0.5) is 10.1 Å². The van der Waals surface area contributed by atoms with Crippen LogP contribution in [0.2, 0.25) is 10.0 Å². The van der Waals surface area contributed by atoms with Gasteiger partial charge in [0.15, 0.2) is 5.78 Å². The fraction of sp³-hybridized carbons (Fsp3) is 0.188. The number of ketones is 1. The van der Waals surface area contributed by atoms with Gasteiger partial charge in [-0.1, -0.05) is 23.2 Å². The summed E-state index contributed by atoms with van der Waals surface area (Å²) >= 11 is 11.8. The second-order valence-corrected chi connectivity index (χ2v) is 5.36. The van der Waals surface area contributed by atoms with Crippen molar-refractivity contribution in [3.63, 3.8) is 0 Å². The van der Waals surface area contributed by atoms with Crippen molar-refractivity contribution < 1.29 is 9.18 Å². The average Bonchev–Trinajstić information content (AvgIpc) is 2.48. The van der Waals surface area contributed by atoms with Crippen molar-refractivity contribution in [2.45, 2.75) is 6.92 Å². The smallest absolute Gasteiger partial charge is 0.182 e. The molecule has 0 amide bonds. The number of anilines is 1. The van der Waals surface area contributed by atoms with Gasteiger partial charge in [0.2, 0.25) is 0 Å². The summed E-state index contributed by atoms with van der Waals surface area (Å²) in [4.78, 5) is 14.2. The molecule has 0 saturated heterocycles. The minimum Gasteiger partial charge on any atom is -0.364 e. The summed E-state index contributed by atoms with van der Waals surface area (Å²) in [6, 6.07) is 10.9. The Bertz CT molecular complexity index is 643. The van der Waals surface area contributed by atoms with Crippen LogP contribution in [0.15, 0.2) is 42.5 Å². The van der Waals surface area contributed by atoms with E-state index in [0.717, 1.165) is 5.69 Å². The Morgan fingerprint density at radius 2 is 1.76 bits per heavy atom. The normalized spacial score (nSPS) is 10.5. The van der Waals surface area contributed by atoms with Crippen LogP contribution in [0.25, 0.3) is 0 Å². The molecule has 21 heavy (non-hydrogen) atoms. The molecule has 0 fully saturated rings. The van der Waals surface area contributed by atoms with E-state index in [0.29, 0.717) is 22.2 Å². The Morgan fingerprint density at radius 3 is 2.33 bits per heavy atom. The van der Waals surface area contributed by atoms with Gasteiger partial charge in [0.25, 0.3) is 0 Å². The monoisotopic (exact) mass is 325 g/mol. The Morgan fingerprint density at radius 1 is 1.10 bits per heavy atom. The maximum absolute atomic E-state index is 13.0. The third-order valence-electron chi connectivity index (χ3n) is 3.15. The Balaban J connectivity index is 2.15. The van der Waals surface area contributed by atoms with Crippen molar-refractivity contribution in [3.05, 3.63) is 63.9 Å². The van der Waals surface area contributed by atoms with Gasteiger partial charge in [-0.3, -0.25) is 4.79 Å². The highest BCUT2D eigenvalue weighted by Crippen LogP contribution is 2.23. The van der Waals surface area contributed by atoms with E-state index in [9.17, 15) is 9.18 Å². The van der Waals surface area contributed by atoms with Gasteiger partial charge >= 0.3 is 0 Å². The summed E-state index contributed by atoms with van der Waals surface area (Å²) in [5, 5.41) is 0.770. The molecule has 0 saturated carbocycles. The second kappa shape index (κ2) is 6.92. The number of carbonyl (C=O) groups excluding carboxylic acids is 1. The zero-order chi connectivity index (χ0) is 15.4. The number of hydrogen-bond donors (Lipinski definition) is 0. The van der Waals surface area contributed by atoms with Gasteiger partial charge in [0.1, 0.15) is 5.82 Å². The lowest BCUT2D eigenvalue weighted by Gasteiger charge is -2.22. The third-order valence-corrected chi connectivity index (χ3v) is 3.89. The summed E-state index contributed by atoms with van der Waals surface area (Å²) in [6.07, 6.45) is 0. The first-order valence-corrected chi connectivity index (χ1v) is 7.25. The van der Waals surface area contributed by atoms with Gasteiger partial charge in [-0.05, 0) is 49.4 Å². The molecule has 0 aliphatic heterocycles. The van der Waals surface area contributed by atoms with Gasteiger partial charge in [-0.2, -0.15) is 0 Å². The van der Waals surface area contributed by atoms with Gasteiger partial charge in [0, 0.05) is 17.8 Å². The standard InChI is InChI=1S/C16H14Cl2FNO/c1-2-20(13-6-4-12(19)5-7-13)10-16(21)11-3-8-14(17)15(18)9-11/h3-9H,2,10H2,1H3. The molecule has 0 bridgehead atoms. The first kappa shape index (κ1) is 15.8. The molecule has 2 nitrogen and oxygen atoms in total. The van der Waals surface area contributed by atoms with Crippen molar-refractivity contribution in [2.24, 2.45) is 0 Å². The molecule has 0 unspecified atom stereocenters. The van der Waals surface area contributed by atoms with E-state index >= 15 is 0 Å². The number of hydrogen-bond acceptors (Lipinski definition) is 2. The topological polar surface area (TPSA) is 20.3 Å². The quantitative estimate of drug-likeness (QED) is 0.733. The molecule has 2 aromatic rings. The van der Waals surface area contributed by atoms with E-state index in [-0.39, 0.29) is 18.1 Å². The molecule has 0 spiro atoms. The van der Waals surface area contributed by atoms with Crippen LogP contribution in [-0.2, 0) is 0 Å². The van der Waals surface area contributed by atoms with E-state index in [1.165, 1.54) is 12.1 Å². The molecular weight excluding hydrogens is 312 g/mol. The fourth-order valence-corrected chi connectivity index (χ4v) is 2.27. The Kier molecular flexibility index (Phi) is 5.21. The number of nitrogens with zero attached hydrogens (tertiary/aromatic N) is 1. The summed E-state index contributed by atoms with van der Waals surface area (Å²) < 4.78 is 13.0. The van der Waals surface area contributed by atoms with E-state index in [1.54, 1.807) is 30.3 Å². The predicted octanol–water partition coefficient (Wildman–Crippen LogP) is 4.84. The molecule has 5 heteroatoms. The number of rotatable bonds is 5. The molecule has 0 aliphatic rings. The average molecular weight is 326 g/mol. The SMILES string of the molecule is CCN(CC(=O)c1ccc(Cl)c(Cl)c1)c1ccc(F)cc1. The zero-order valence-electron chi connectivity index (χ0n) is 11.4. The van der Waals surface area contributed by atoms with Crippen molar-refractivity contribution >= 4 is 34.7 Å². The highest BCUT2D eigenvalue weighted by Gasteiger charge is 2.13. The molecule has 0 N–H and O–H groups in total. The molecular formula is C16H14Cl2FNO. The van der Waals surface area contributed by atoms with E-state index in [4.69, 9.17) is 23.2 Å². The van der Waals surface area contributed by atoms with Crippen LogP contribution in [0.1, 0.15) is 17.3 Å². The largest absolute Gasteiger partial charge is 0.364 e. The molecule has 0 heterocycles. The van der Waals surface area contributed by atoms with Crippen LogP contribution in [0, 0.1) is 5.82 Å². The van der Waals surface area contributed by atoms with E-state index in [1.807, 2.05) is 11.8 Å². The lowest BCUT2D eigenvalue weighted by molar-refractivity contribution is 0.0999. The van der Waals surface area contributed by atoms with Crippen LogP contribution in [0.5, 0.6) is 0 Å². The number of likely N-dealkylation sites (N-methyl/N-ethyl adjacent to an activating group) is 1. The van der Waals surface area contributed by atoms with Crippen molar-refractivity contribution in [1.29, 1.82) is 0 Å². The van der Waals surface area contributed by atoms with Crippen molar-refractivity contribution in [2.75, 3.05) is 18.0 Å². The number of Topliss-reactive ketones (excluding diaryl/α,β-unsaturated/α-hetero) is 1. The minimum atomic E-state index is -0.300. The second-order valence-electron chi connectivity index (χ2n) is 4.54. The van der Waals surface area contributed by atoms with Gasteiger partial charge in [0.05, 0.1) is 16.6 Å². The van der Waals surface area contributed by atoms with Crippen LogP contribution < -0.4 is 4.90 Å². The first-order chi connectivity index (χ1) is 10.0. The summed E-state index contributed by atoms with van der Waals surface area (Å²) in [5.74, 6) is -0.370. The first-order valence-electron chi connectivity index (χ1n) is 6.50. The maximum atomic E-state index is 13.0. The number of halogens is 3. The zero-order valence-corrected chi connectivity index (χ0v) is 13.0. The van der Waals surface area contributed by atoms with Gasteiger partial charge < -0.3 is 4.90 Å². The number of carbonyl (C=O) groups is 1. The molecule has 0 radical (unpaired) electrons. The van der Waals surface area contributed by atoms with E-state index < -0.39 is 0 Å². The van der Waals surface area contributed by atoms with Crippen molar-refractivity contribution in [1.82, 2.24) is 0 Å². The molecule has 0 aliphatic carbocycles. The third kappa shape index (κ3) is 3.96. The highest BCUT2D eigenvalue weighted by atomic mass is 35.5. The van der Waals surface area contributed by atoms with Gasteiger partial charge in [-0.15, -0.1) is 0 Å².